The molecule has 0 amide bonds. The molecular weight excluding hydrogens is 186 g/mol. The van der Waals surface area contributed by atoms with E-state index in [1.165, 1.54) is 36.1 Å². The zero-order chi connectivity index (χ0) is 10.1. The van der Waals surface area contributed by atoms with Crippen LogP contribution < -0.4 is 10.1 Å². The second-order valence-corrected chi connectivity index (χ2v) is 4.49. The number of nitrogens with one attached hydrogen (secondary N) is 1. The molecule has 1 aliphatic heterocycles. The van der Waals surface area contributed by atoms with Gasteiger partial charge in [-0.3, -0.25) is 0 Å². The Morgan fingerprint density at radius 3 is 3.00 bits per heavy atom. The number of para-hydroxylation sites is 1. The van der Waals surface area contributed by atoms with E-state index in [1.807, 2.05) is 0 Å². The molecule has 2 heteroatoms. The van der Waals surface area contributed by atoms with Crippen molar-refractivity contribution in [1.82, 2.24) is 5.32 Å². The molecule has 80 valence electrons. The maximum Gasteiger partial charge on any atom is 0.127 e. The highest BCUT2D eigenvalue weighted by Gasteiger charge is 2.24. The van der Waals surface area contributed by atoms with Crippen LogP contribution in [0.3, 0.4) is 0 Å². The lowest BCUT2D eigenvalue weighted by Crippen LogP contribution is -2.16. The summed E-state index contributed by atoms with van der Waals surface area (Å²) in [5.74, 6) is 1.94. The maximum atomic E-state index is 5.87. The molecule has 15 heavy (non-hydrogen) atoms. The van der Waals surface area contributed by atoms with Crippen LogP contribution >= 0.6 is 0 Å². The molecule has 2 aliphatic rings. The molecule has 0 unspecified atom stereocenters. The number of fused-ring (bicyclic) bond motifs is 1. The Hall–Kier alpha value is -1.02. The van der Waals surface area contributed by atoms with Crippen LogP contribution in [0, 0.1) is 0 Å². The van der Waals surface area contributed by atoms with Crippen molar-refractivity contribution in [1.29, 1.82) is 0 Å². The average Bonchev–Trinajstić information content (AvgIpc) is 2.40. The number of benzene rings is 1. The lowest BCUT2D eigenvalue weighted by molar-refractivity contribution is 0.312. The lowest BCUT2D eigenvalue weighted by Gasteiger charge is -2.28. The van der Waals surface area contributed by atoms with E-state index in [4.69, 9.17) is 4.74 Å². The minimum atomic E-state index is 0.762. The highest BCUT2D eigenvalue weighted by atomic mass is 16.5. The first kappa shape index (κ1) is 9.22. The average molecular weight is 203 g/mol. The van der Waals surface area contributed by atoms with E-state index < -0.39 is 0 Å². The van der Waals surface area contributed by atoms with Gasteiger partial charge in [-0.2, -0.15) is 0 Å². The van der Waals surface area contributed by atoms with E-state index in [9.17, 15) is 0 Å². The molecule has 0 saturated heterocycles. The Labute approximate surface area is 90.6 Å². The molecule has 0 radical (unpaired) electrons. The highest BCUT2D eigenvalue weighted by molar-refractivity contribution is 5.44. The van der Waals surface area contributed by atoms with Crippen LogP contribution in [0.1, 0.15) is 36.3 Å². The van der Waals surface area contributed by atoms with E-state index in [0.29, 0.717) is 0 Å². The third-order valence-electron chi connectivity index (χ3n) is 3.51. The van der Waals surface area contributed by atoms with Crippen LogP contribution in [0.2, 0.25) is 0 Å². The summed E-state index contributed by atoms with van der Waals surface area (Å²) in [6, 6.07) is 6.59. The zero-order valence-electron chi connectivity index (χ0n) is 8.96. The summed E-state index contributed by atoms with van der Waals surface area (Å²) in [6.07, 6.45) is 4.06. The van der Waals surface area contributed by atoms with E-state index in [2.05, 4.69) is 23.5 Å². The van der Waals surface area contributed by atoms with E-state index >= 15 is 0 Å². The second-order valence-electron chi connectivity index (χ2n) is 4.49. The van der Waals surface area contributed by atoms with Crippen molar-refractivity contribution in [3.63, 3.8) is 0 Å². The predicted octanol–water partition coefficient (Wildman–Crippen LogP) is 2.44. The van der Waals surface area contributed by atoms with E-state index in [-0.39, 0.29) is 0 Å². The van der Waals surface area contributed by atoms with Gasteiger partial charge in [-0.1, -0.05) is 24.6 Å². The van der Waals surface area contributed by atoms with Gasteiger partial charge in [-0.15, -0.1) is 0 Å². The monoisotopic (exact) mass is 203 g/mol. The minimum absolute atomic E-state index is 0.762. The molecule has 1 saturated carbocycles. The first-order chi connectivity index (χ1) is 7.45. The summed E-state index contributed by atoms with van der Waals surface area (Å²) >= 11 is 0. The maximum absolute atomic E-state index is 5.87. The van der Waals surface area contributed by atoms with Gasteiger partial charge in [0.25, 0.3) is 0 Å². The summed E-state index contributed by atoms with van der Waals surface area (Å²) in [4.78, 5) is 0. The molecule has 2 nitrogen and oxygen atoms in total. The van der Waals surface area contributed by atoms with Crippen molar-refractivity contribution in [3.05, 3.63) is 29.3 Å². The minimum Gasteiger partial charge on any atom is -0.492 e. The number of rotatable bonds is 1. The molecule has 0 bridgehead atoms. The fourth-order valence-corrected chi connectivity index (χ4v) is 2.41. The smallest absolute Gasteiger partial charge is 0.127 e. The summed E-state index contributed by atoms with van der Waals surface area (Å²) in [5.41, 5.74) is 2.78. The van der Waals surface area contributed by atoms with Crippen molar-refractivity contribution in [2.24, 2.45) is 0 Å². The number of ether oxygens (including phenoxy) is 1. The predicted molar refractivity (Wildman–Crippen MR) is 60.2 cm³/mol. The van der Waals surface area contributed by atoms with Crippen LogP contribution in [0.25, 0.3) is 0 Å². The van der Waals surface area contributed by atoms with Crippen LogP contribution in [-0.2, 0) is 6.54 Å². The molecule has 1 N–H and O–H groups in total. The Morgan fingerprint density at radius 2 is 2.20 bits per heavy atom. The van der Waals surface area contributed by atoms with Crippen LogP contribution in [0.15, 0.2) is 18.2 Å². The van der Waals surface area contributed by atoms with Gasteiger partial charge >= 0.3 is 0 Å². The molecule has 1 aromatic carbocycles. The Bertz CT molecular complexity index is 358. The molecule has 1 fully saturated rings. The first-order valence-corrected chi connectivity index (χ1v) is 5.90. The van der Waals surface area contributed by atoms with Crippen molar-refractivity contribution < 1.29 is 4.74 Å². The van der Waals surface area contributed by atoms with Crippen LogP contribution in [0.5, 0.6) is 5.75 Å². The number of hydrogen-bond acceptors (Lipinski definition) is 2. The molecule has 0 spiro atoms. The molecule has 1 heterocycles. The van der Waals surface area contributed by atoms with E-state index in [0.717, 1.165) is 25.6 Å². The zero-order valence-corrected chi connectivity index (χ0v) is 8.96. The van der Waals surface area contributed by atoms with Gasteiger partial charge in [0.2, 0.25) is 0 Å². The molecule has 0 aromatic heterocycles. The van der Waals surface area contributed by atoms with Crippen molar-refractivity contribution in [3.8, 4) is 5.75 Å². The third kappa shape index (κ3) is 1.63. The molecule has 1 aliphatic carbocycles. The lowest BCUT2D eigenvalue weighted by atomic mass is 9.79. The largest absolute Gasteiger partial charge is 0.492 e. The van der Waals surface area contributed by atoms with Crippen molar-refractivity contribution in [2.45, 2.75) is 31.7 Å². The summed E-state index contributed by atoms with van der Waals surface area (Å²) in [7, 11) is 0. The summed E-state index contributed by atoms with van der Waals surface area (Å²) < 4.78 is 5.87. The summed E-state index contributed by atoms with van der Waals surface area (Å²) in [6.45, 7) is 2.71. The highest BCUT2D eigenvalue weighted by Crippen LogP contribution is 2.42. The van der Waals surface area contributed by atoms with E-state index in [1.54, 1.807) is 0 Å². The molecule has 0 atom stereocenters. The Kier molecular flexibility index (Phi) is 2.37. The van der Waals surface area contributed by atoms with Gasteiger partial charge in [-0.05, 0) is 24.3 Å². The van der Waals surface area contributed by atoms with Gasteiger partial charge in [0.05, 0.1) is 0 Å². The van der Waals surface area contributed by atoms with Crippen molar-refractivity contribution >= 4 is 0 Å². The van der Waals surface area contributed by atoms with Crippen LogP contribution in [0.4, 0.5) is 0 Å². The topological polar surface area (TPSA) is 21.3 Å². The normalized spacial score (nSPS) is 21.1. The number of hydrogen-bond donors (Lipinski definition) is 1. The Balaban J connectivity index is 1.98. The SMILES string of the molecule is c1cc2c(c(C3CCC3)c1)OCCNC2. The second kappa shape index (κ2) is 3.86. The standard InChI is InChI=1S/C13H17NO/c1-3-10(4-1)12-6-2-5-11-9-14-7-8-15-13(11)12/h2,5-6,10,14H,1,3-4,7-9H2. The quantitative estimate of drug-likeness (QED) is 0.757. The fourth-order valence-electron chi connectivity index (χ4n) is 2.41. The molecular formula is C13H17NO. The van der Waals surface area contributed by atoms with Gasteiger partial charge in [0.15, 0.2) is 0 Å². The van der Waals surface area contributed by atoms with Crippen LogP contribution in [-0.4, -0.2) is 13.2 Å². The van der Waals surface area contributed by atoms with Gasteiger partial charge in [0.1, 0.15) is 12.4 Å². The fraction of sp³-hybridized carbons (Fsp3) is 0.538. The third-order valence-corrected chi connectivity index (χ3v) is 3.51. The van der Waals surface area contributed by atoms with Gasteiger partial charge < -0.3 is 10.1 Å². The summed E-state index contributed by atoms with van der Waals surface area (Å²) in [5, 5.41) is 3.38. The Morgan fingerprint density at radius 1 is 1.27 bits per heavy atom. The molecule has 3 rings (SSSR count). The van der Waals surface area contributed by atoms with Gasteiger partial charge in [-0.25, -0.2) is 0 Å². The van der Waals surface area contributed by atoms with Gasteiger partial charge in [0, 0.05) is 18.7 Å². The molecule has 1 aromatic rings. The van der Waals surface area contributed by atoms with Crippen molar-refractivity contribution in [2.75, 3.05) is 13.2 Å². The first-order valence-electron chi connectivity index (χ1n) is 5.90.